The molecule has 2 aromatic rings. The highest BCUT2D eigenvalue weighted by Crippen LogP contribution is 2.28. The second-order valence-electron chi connectivity index (χ2n) is 4.67. The lowest BCUT2D eigenvalue weighted by molar-refractivity contribution is -0.126. The fourth-order valence-electron chi connectivity index (χ4n) is 2.23. The summed E-state index contributed by atoms with van der Waals surface area (Å²) in [7, 11) is 3.50. The first-order chi connectivity index (χ1) is 9.67. The van der Waals surface area contributed by atoms with Crippen LogP contribution in [0.5, 0.6) is 5.75 Å². The van der Waals surface area contributed by atoms with Crippen LogP contribution < -0.4 is 15.4 Å². The van der Waals surface area contributed by atoms with Crippen molar-refractivity contribution in [1.29, 1.82) is 0 Å². The van der Waals surface area contributed by atoms with E-state index in [-0.39, 0.29) is 5.91 Å². The number of rotatable bonds is 5. The predicted molar refractivity (Wildman–Crippen MR) is 80.9 cm³/mol. The van der Waals surface area contributed by atoms with Gasteiger partial charge in [-0.2, -0.15) is 0 Å². The Bertz CT molecular complexity index is 610. The number of amides is 1. The molecule has 0 aliphatic carbocycles. The summed E-state index contributed by atoms with van der Waals surface area (Å²) in [6.07, 6.45) is -0.517. The Morgan fingerprint density at radius 1 is 1.20 bits per heavy atom. The minimum Gasteiger partial charge on any atom is -0.481 e. The lowest BCUT2D eigenvalue weighted by Gasteiger charge is -2.18. The molecular weight excluding hydrogens is 252 g/mol. The number of benzene rings is 2. The van der Waals surface area contributed by atoms with Gasteiger partial charge in [-0.25, -0.2) is 0 Å². The number of ether oxygens (including phenoxy) is 1. The molecule has 1 unspecified atom stereocenters. The number of nitrogens with one attached hydrogen (secondary N) is 2. The van der Waals surface area contributed by atoms with Gasteiger partial charge in [0.05, 0.1) is 0 Å². The van der Waals surface area contributed by atoms with Crippen LogP contribution in [0.1, 0.15) is 12.5 Å². The maximum Gasteiger partial charge on any atom is 0.260 e. The number of hydrogen-bond acceptors (Lipinski definition) is 3. The summed E-state index contributed by atoms with van der Waals surface area (Å²) in [5, 5.41) is 8.05. The minimum atomic E-state index is -0.517. The Morgan fingerprint density at radius 2 is 1.95 bits per heavy atom. The normalized spacial score (nSPS) is 12.2. The summed E-state index contributed by atoms with van der Waals surface area (Å²) in [4.78, 5) is 11.6. The number of likely N-dealkylation sites (N-methyl/N-ethyl adjacent to an activating group) is 1. The smallest absolute Gasteiger partial charge is 0.260 e. The van der Waals surface area contributed by atoms with Crippen LogP contribution in [-0.2, 0) is 11.3 Å². The van der Waals surface area contributed by atoms with Crippen molar-refractivity contribution in [2.24, 2.45) is 0 Å². The molecule has 0 aliphatic heterocycles. The van der Waals surface area contributed by atoms with Crippen molar-refractivity contribution in [1.82, 2.24) is 10.6 Å². The molecule has 0 bridgehead atoms. The molecular formula is C16H20N2O2. The van der Waals surface area contributed by atoms with E-state index in [0.717, 1.165) is 22.1 Å². The monoisotopic (exact) mass is 272 g/mol. The lowest BCUT2D eigenvalue weighted by atomic mass is 10.0. The molecule has 0 fully saturated rings. The van der Waals surface area contributed by atoms with Crippen LogP contribution in [-0.4, -0.2) is 26.1 Å². The quantitative estimate of drug-likeness (QED) is 0.876. The number of hydrogen-bond donors (Lipinski definition) is 2. The van der Waals surface area contributed by atoms with Gasteiger partial charge in [0.15, 0.2) is 6.10 Å². The second kappa shape index (κ2) is 6.39. The largest absolute Gasteiger partial charge is 0.481 e. The van der Waals surface area contributed by atoms with Gasteiger partial charge in [0.1, 0.15) is 5.75 Å². The molecule has 1 atom stereocenters. The Morgan fingerprint density at radius 3 is 2.65 bits per heavy atom. The first-order valence-corrected chi connectivity index (χ1v) is 6.71. The zero-order valence-electron chi connectivity index (χ0n) is 12.1. The highest BCUT2D eigenvalue weighted by atomic mass is 16.5. The van der Waals surface area contributed by atoms with Crippen LogP contribution in [0, 0.1) is 0 Å². The zero-order chi connectivity index (χ0) is 14.5. The number of fused-ring (bicyclic) bond motifs is 1. The highest BCUT2D eigenvalue weighted by molar-refractivity contribution is 5.88. The van der Waals surface area contributed by atoms with E-state index < -0.39 is 6.10 Å². The average Bonchev–Trinajstić information content (AvgIpc) is 2.48. The Labute approximate surface area is 119 Å². The summed E-state index contributed by atoms with van der Waals surface area (Å²) in [5.41, 5.74) is 1.07. The van der Waals surface area contributed by atoms with Crippen molar-refractivity contribution in [3.05, 3.63) is 42.0 Å². The molecule has 0 saturated heterocycles. The molecule has 0 heterocycles. The molecule has 1 amide bonds. The third-order valence-corrected chi connectivity index (χ3v) is 3.27. The summed E-state index contributed by atoms with van der Waals surface area (Å²) >= 11 is 0. The molecule has 4 heteroatoms. The summed E-state index contributed by atoms with van der Waals surface area (Å²) in [6, 6.07) is 12.1. The first kappa shape index (κ1) is 14.3. The fraction of sp³-hybridized carbons (Fsp3) is 0.312. The van der Waals surface area contributed by atoms with Crippen LogP contribution in [0.25, 0.3) is 10.8 Å². The van der Waals surface area contributed by atoms with E-state index in [1.165, 1.54) is 0 Å². The molecule has 2 N–H and O–H groups in total. The van der Waals surface area contributed by atoms with Gasteiger partial charge in [0.2, 0.25) is 0 Å². The van der Waals surface area contributed by atoms with Gasteiger partial charge in [-0.05, 0) is 30.8 Å². The van der Waals surface area contributed by atoms with Gasteiger partial charge >= 0.3 is 0 Å². The van der Waals surface area contributed by atoms with Crippen LogP contribution in [0.3, 0.4) is 0 Å². The zero-order valence-corrected chi connectivity index (χ0v) is 12.1. The van der Waals surface area contributed by atoms with Crippen LogP contribution in [0.2, 0.25) is 0 Å². The maximum absolute atomic E-state index is 11.6. The third kappa shape index (κ3) is 2.91. The van der Waals surface area contributed by atoms with Crippen molar-refractivity contribution in [3.63, 3.8) is 0 Å². The van der Waals surface area contributed by atoms with Gasteiger partial charge in [0, 0.05) is 19.2 Å². The van der Waals surface area contributed by atoms with Crippen LogP contribution in [0.4, 0.5) is 0 Å². The molecule has 0 aliphatic rings. The average molecular weight is 272 g/mol. The van der Waals surface area contributed by atoms with E-state index >= 15 is 0 Å². The summed E-state index contributed by atoms with van der Waals surface area (Å²) < 4.78 is 5.81. The standard InChI is InChI=1S/C16H20N2O2/c1-11(16(19)18-3)20-15-9-8-12-6-4-5-7-13(12)14(15)10-17-2/h4-9,11,17H,10H2,1-3H3,(H,18,19). The van der Waals surface area contributed by atoms with Crippen molar-refractivity contribution < 1.29 is 9.53 Å². The highest BCUT2D eigenvalue weighted by Gasteiger charge is 2.16. The van der Waals surface area contributed by atoms with Crippen molar-refractivity contribution in [3.8, 4) is 5.75 Å². The molecule has 0 spiro atoms. The van der Waals surface area contributed by atoms with Crippen molar-refractivity contribution >= 4 is 16.7 Å². The molecule has 2 rings (SSSR count). The number of carbonyl (C=O) groups excluding carboxylic acids is 1. The lowest BCUT2D eigenvalue weighted by Crippen LogP contribution is -2.34. The van der Waals surface area contributed by atoms with E-state index in [4.69, 9.17) is 4.74 Å². The Kier molecular flexibility index (Phi) is 4.58. The van der Waals surface area contributed by atoms with E-state index in [9.17, 15) is 4.79 Å². The summed E-state index contributed by atoms with van der Waals surface area (Å²) in [6.45, 7) is 2.44. The van der Waals surface area contributed by atoms with E-state index in [1.807, 2.05) is 31.3 Å². The molecule has 0 saturated carbocycles. The van der Waals surface area contributed by atoms with Gasteiger partial charge in [-0.1, -0.05) is 30.3 Å². The van der Waals surface area contributed by atoms with Gasteiger partial charge < -0.3 is 15.4 Å². The molecule has 4 nitrogen and oxygen atoms in total. The first-order valence-electron chi connectivity index (χ1n) is 6.71. The van der Waals surface area contributed by atoms with E-state index in [1.54, 1.807) is 14.0 Å². The molecule has 2 aromatic carbocycles. The van der Waals surface area contributed by atoms with Crippen molar-refractivity contribution in [2.75, 3.05) is 14.1 Å². The van der Waals surface area contributed by atoms with Gasteiger partial charge in [0.25, 0.3) is 5.91 Å². The molecule has 0 radical (unpaired) electrons. The molecule has 0 aromatic heterocycles. The topological polar surface area (TPSA) is 50.4 Å². The minimum absolute atomic E-state index is 0.131. The molecule has 20 heavy (non-hydrogen) atoms. The maximum atomic E-state index is 11.6. The number of carbonyl (C=O) groups is 1. The van der Waals surface area contributed by atoms with Gasteiger partial charge in [-0.15, -0.1) is 0 Å². The van der Waals surface area contributed by atoms with E-state index in [2.05, 4.69) is 22.8 Å². The third-order valence-electron chi connectivity index (χ3n) is 3.27. The predicted octanol–water partition coefficient (Wildman–Crippen LogP) is 2.07. The second-order valence-corrected chi connectivity index (χ2v) is 4.67. The van der Waals surface area contributed by atoms with Crippen LogP contribution >= 0.6 is 0 Å². The van der Waals surface area contributed by atoms with Crippen molar-refractivity contribution in [2.45, 2.75) is 19.6 Å². The molecule has 106 valence electrons. The van der Waals surface area contributed by atoms with Crippen LogP contribution in [0.15, 0.2) is 36.4 Å². The van der Waals surface area contributed by atoms with E-state index in [0.29, 0.717) is 6.54 Å². The Balaban J connectivity index is 2.41. The SMILES string of the molecule is CNCc1c(OC(C)C(=O)NC)ccc2ccccc12. The fourth-order valence-corrected chi connectivity index (χ4v) is 2.23. The summed E-state index contributed by atoms with van der Waals surface area (Å²) in [5.74, 6) is 0.614. The Hall–Kier alpha value is -2.07. The van der Waals surface area contributed by atoms with Gasteiger partial charge in [-0.3, -0.25) is 4.79 Å².